The van der Waals surface area contributed by atoms with Crippen LogP contribution in [0, 0.1) is 13.8 Å². The Morgan fingerprint density at radius 1 is 1.38 bits per heavy atom. The topological polar surface area (TPSA) is 97.1 Å². The van der Waals surface area contributed by atoms with E-state index in [1.54, 1.807) is 19.9 Å². The molecule has 0 aliphatic carbocycles. The lowest BCUT2D eigenvalue weighted by atomic mass is 10.4. The van der Waals surface area contributed by atoms with E-state index in [-0.39, 0.29) is 6.54 Å². The van der Waals surface area contributed by atoms with Crippen LogP contribution in [-0.4, -0.2) is 32.2 Å². The Labute approximate surface area is 127 Å². The van der Waals surface area contributed by atoms with Crippen LogP contribution in [0.15, 0.2) is 15.5 Å². The van der Waals surface area contributed by atoms with Crippen molar-refractivity contribution in [3.8, 4) is 0 Å². The van der Waals surface area contributed by atoms with E-state index in [1.807, 2.05) is 7.05 Å². The van der Waals surface area contributed by atoms with Crippen molar-refractivity contribution in [2.45, 2.75) is 31.7 Å². The lowest BCUT2D eigenvalue weighted by molar-refractivity contribution is 0.387. The Morgan fingerprint density at radius 2 is 2.14 bits per heavy atom. The summed E-state index contributed by atoms with van der Waals surface area (Å²) in [7, 11) is -1.68. The van der Waals surface area contributed by atoms with Gasteiger partial charge in [0.15, 0.2) is 5.82 Å². The van der Waals surface area contributed by atoms with Gasteiger partial charge in [-0.15, -0.1) is 11.3 Å². The van der Waals surface area contributed by atoms with Crippen molar-refractivity contribution in [2.75, 3.05) is 13.6 Å². The molecule has 0 spiro atoms. The van der Waals surface area contributed by atoms with Gasteiger partial charge in [0.1, 0.15) is 0 Å². The van der Waals surface area contributed by atoms with Crippen LogP contribution in [0.2, 0.25) is 0 Å². The molecule has 116 valence electrons. The fourth-order valence-electron chi connectivity index (χ4n) is 1.87. The number of aromatic nitrogens is 2. The zero-order valence-electron chi connectivity index (χ0n) is 12.1. The standard InChI is InChI=1S/C12H18N4O3S2/c1-8-11(6-10(20-8)7-13-3)21(17,18)14-5-4-12-15-9(2)19-16-12/h6,13-14H,4-5,7H2,1-3H3. The number of thiophene rings is 1. The van der Waals surface area contributed by atoms with Gasteiger partial charge < -0.3 is 9.84 Å². The maximum Gasteiger partial charge on any atom is 0.241 e. The van der Waals surface area contributed by atoms with Gasteiger partial charge in [0.2, 0.25) is 15.9 Å². The van der Waals surface area contributed by atoms with Crippen molar-refractivity contribution in [1.29, 1.82) is 0 Å². The van der Waals surface area contributed by atoms with Crippen molar-refractivity contribution in [2.24, 2.45) is 0 Å². The minimum Gasteiger partial charge on any atom is -0.340 e. The van der Waals surface area contributed by atoms with Gasteiger partial charge in [-0.2, -0.15) is 4.98 Å². The fraction of sp³-hybridized carbons (Fsp3) is 0.500. The zero-order chi connectivity index (χ0) is 15.5. The van der Waals surface area contributed by atoms with Gasteiger partial charge in [0.05, 0.1) is 4.90 Å². The average molecular weight is 330 g/mol. The first-order chi connectivity index (χ1) is 9.92. The molecule has 0 atom stereocenters. The van der Waals surface area contributed by atoms with Crippen LogP contribution in [-0.2, 0) is 23.0 Å². The first kappa shape index (κ1) is 16.1. The Kier molecular flexibility index (Phi) is 5.09. The van der Waals surface area contributed by atoms with Crippen LogP contribution in [0.1, 0.15) is 21.5 Å². The molecule has 0 aliphatic heterocycles. The molecule has 9 heteroatoms. The average Bonchev–Trinajstić information content (AvgIpc) is 2.96. The fourth-order valence-corrected chi connectivity index (χ4v) is 4.55. The molecule has 2 heterocycles. The number of aryl methyl sites for hydroxylation is 2. The SMILES string of the molecule is CNCc1cc(S(=O)(=O)NCCc2noc(C)n2)c(C)s1. The number of sulfonamides is 1. The van der Waals surface area contributed by atoms with Gasteiger partial charge in [-0.25, -0.2) is 13.1 Å². The first-order valence-electron chi connectivity index (χ1n) is 6.45. The molecule has 2 N–H and O–H groups in total. The minimum atomic E-state index is -3.51. The van der Waals surface area contributed by atoms with E-state index in [0.29, 0.717) is 29.6 Å². The highest BCUT2D eigenvalue weighted by Gasteiger charge is 2.19. The van der Waals surface area contributed by atoms with Crippen LogP contribution in [0.25, 0.3) is 0 Å². The summed E-state index contributed by atoms with van der Waals surface area (Å²) in [6.07, 6.45) is 0.392. The number of nitrogens with zero attached hydrogens (tertiary/aromatic N) is 2. The Hall–Kier alpha value is -1.29. The van der Waals surface area contributed by atoms with E-state index < -0.39 is 10.0 Å². The molecular weight excluding hydrogens is 312 g/mol. The third kappa shape index (κ3) is 4.10. The van der Waals surface area contributed by atoms with Gasteiger partial charge >= 0.3 is 0 Å². The van der Waals surface area contributed by atoms with Crippen molar-refractivity contribution in [3.63, 3.8) is 0 Å². The van der Waals surface area contributed by atoms with Gasteiger partial charge in [-0.3, -0.25) is 0 Å². The highest BCUT2D eigenvalue weighted by Crippen LogP contribution is 2.25. The van der Waals surface area contributed by atoms with Crippen LogP contribution in [0.3, 0.4) is 0 Å². The molecule has 0 amide bonds. The maximum atomic E-state index is 12.3. The third-order valence-electron chi connectivity index (χ3n) is 2.77. The summed E-state index contributed by atoms with van der Waals surface area (Å²) in [5.41, 5.74) is 0. The molecule has 21 heavy (non-hydrogen) atoms. The molecule has 0 saturated carbocycles. The molecule has 0 unspecified atom stereocenters. The minimum absolute atomic E-state index is 0.234. The maximum absolute atomic E-state index is 12.3. The summed E-state index contributed by atoms with van der Waals surface area (Å²) in [6, 6.07) is 1.71. The number of hydrogen-bond acceptors (Lipinski definition) is 7. The van der Waals surface area contributed by atoms with Crippen molar-refractivity contribution < 1.29 is 12.9 Å². The highest BCUT2D eigenvalue weighted by atomic mass is 32.2. The summed E-state index contributed by atoms with van der Waals surface area (Å²) in [5.74, 6) is 0.964. The molecule has 0 radical (unpaired) electrons. The number of rotatable bonds is 7. The molecule has 2 aromatic heterocycles. The molecule has 2 aromatic rings. The van der Waals surface area contributed by atoms with Gasteiger partial charge in [0, 0.05) is 36.2 Å². The molecule has 0 fully saturated rings. The molecule has 0 aliphatic rings. The Morgan fingerprint density at radius 3 is 2.76 bits per heavy atom. The Bertz CT molecular complexity index is 706. The van der Waals surface area contributed by atoms with E-state index in [4.69, 9.17) is 4.52 Å². The summed E-state index contributed by atoms with van der Waals surface area (Å²) in [5, 5.41) is 6.74. The highest BCUT2D eigenvalue weighted by molar-refractivity contribution is 7.89. The molecule has 0 saturated heterocycles. The predicted molar refractivity (Wildman–Crippen MR) is 79.7 cm³/mol. The smallest absolute Gasteiger partial charge is 0.241 e. The molecule has 7 nitrogen and oxygen atoms in total. The van der Waals surface area contributed by atoms with E-state index in [0.717, 1.165) is 9.75 Å². The Balaban J connectivity index is 2.01. The largest absolute Gasteiger partial charge is 0.340 e. The summed E-state index contributed by atoms with van der Waals surface area (Å²) in [4.78, 5) is 6.14. The van der Waals surface area contributed by atoms with E-state index in [9.17, 15) is 8.42 Å². The quantitative estimate of drug-likeness (QED) is 0.786. The second kappa shape index (κ2) is 6.65. The van der Waals surface area contributed by atoms with Gasteiger partial charge in [-0.1, -0.05) is 5.16 Å². The second-order valence-corrected chi connectivity index (χ2v) is 7.62. The lowest BCUT2D eigenvalue weighted by Crippen LogP contribution is -2.26. The van der Waals surface area contributed by atoms with E-state index >= 15 is 0 Å². The summed E-state index contributed by atoms with van der Waals surface area (Å²) in [6.45, 7) is 4.39. The number of nitrogens with one attached hydrogen (secondary N) is 2. The number of hydrogen-bond donors (Lipinski definition) is 2. The van der Waals surface area contributed by atoms with Crippen molar-refractivity contribution in [1.82, 2.24) is 20.2 Å². The molecular formula is C12H18N4O3S2. The first-order valence-corrected chi connectivity index (χ1v) is 8.75. The second-order valence-electron chi connectivity index (χ2n) is 4.54. The van der Waals surface area contributed by atoms with Crippen LogP contribution in [0.4, 0.5) is 0 Å². The van der Waals surface area contributed by atoms with Crippen LogP contribution < -0.4 is 10.0 Å². The lowest BCUT2D eigenvalue weighted by Gasteiger charge is -2.04. The van der Waals surface area contributed by atoms with E-state index in [1.165, 1.54) is 11.3 Å². The van der Waals surface area contributed by atoms with E-state index in [2.05, 4.69) is 20.2 Å². The van der Waals surface area contributed by atoms with Gasteiger partial charge in [-0.05, 0) is 20.0 Å². The summed E-state index contributed by atoms with van der Waals surface area (Å²) < 4.78 is 32.0. The van der Waals surface area contributed by atoms with Crippen molar-refractivity contribution >= 4 is 21.4 Å². The third-order valence-corrected chi connectivity index (χ3v) is 5.54. The zero-order valence-corrected chi connectivity index (χ0v) is 13.8. The predicted octanol–water partition coefficient (Wildman–Crippen LogP) is 0.988. The van der Waals surface area contributed by atoms with Crippen LogP contribution in [0.5, 0.6) is 0 Å². The van der Waals surface area contributed by atoms with Gasteiger partial charge in [0.25, 0.3) is 0 Å². The monoisotopic (exact) mass is 330 g/mol. The summed E-state index contributed by atoms with van der Waals surface area (Å²) >= 11 is 1.48. The molecule has 2 rings (SSSR count). The van der Waals surface area contributed by atoms with Crippen molar-refractivity contribution in [3.05, 3.63) is 27.5 Å². The van der Waals surface area contributed by atoms with Crippen LogP contribution >= 0.6 is 11.3 Å². The normalized spacial score (nSPS) is 12.0. The molecule has 0 bridgehead atoms. The molecule has 0 aromatic carbocycles.